The maximum atomic E-state index is 10.2. The third-order valence-corrected chi connectivity index (χ3v) is 3.39. The normalized spacial score (nSPS) is 10.0. The van der Waals surface area contributed by atoms with Crippen LogP contribution >= 0.6 is 31.9 Å². The number of rotatable bonds is 1. The van der Waals surface area contributed by atoms with Crippen molar-refractivity contribution in [1.82, 2.24) is 0 Å². The van der Waals surface area contributed by atoms with E-state index < -0.39 is 0 Å². The van der Waals surface area contributed by atoms with E-state index in [9.17, 15) is 4.79 Å². The predicted molar refractivity (Wildman–Crippen MR) is 67.1 cm³/mol. The van der Waals surface area contributed by atoms with Crippen LogP contribution in [0.2, 0.25) is 0 Å². The largest absolute Gasteiger partial charge is 0.240 e. The lowest BCUT2D eigenvalue weighted by Gasteiger charge is -2.03. The standard InChI is InChI=1S/C11H5Br2NO/c12-8-2-3-9-7(5-8)1-4-10(11(9)13)14-6-15/h1-5H. The summed E-state index contributed by atoms with van der Waals surface area (Å²) in [5, 5.41) is 2.11. The van der Waals surface area contributed by atoms with Gasteiger partial charge in [-0.2, -0.15) is 4.99 Å². The van der Waals surface area contributed by atoms with E-state index in [4.69, 9.17) is 0 Å². The summed E-state index contributed by atoms with van der Waals surface area (Å²) in [5.41, 5.74) is 0.597. The molecule has 0 amide bonds. The summed E-state index contributed by atoms with van der Waals surface area (Å²) in [7, 11) is 0. The molecule has 4 heteroatoms. The molecule has 0 N–H and O–H groups in total. The Morgan fingerprint density at radius 2 is 1.93 bits per heavy atom. The summed E-state index contributed by atoms with van der Waals surface area (Å²) in [5.74, 6) is 0. The predicted octanol–water partition coefficient (Wildman–Crippen LogP) is 4.33. The first-order chi connectivity index (χ1) is 7.22. The van der Waals surface area contributed by atoms with Crippen molar-refractivity contribution in [3.05, 3.63) is 39.3 Å². The Hall–Kier alpha value is -0.960. The van der Waals surface area contributed by atoms with Gasteiger partial charge in [0.25, 0.3) is 0 Å². The molecular formula is C11H5Br2NO. The molecule has 0 aliphatic heterocycles. The highest BCUT2D eigenvalue weighted by atomic mass is 79.9. The van der Waals surface area contributed by atoms with Crippen molar-refractivity contribution in [2.75, 3.05) is 0 Å². The SMILES string of the molecule is O=C=Nc1ccc2cc(Br)ccc2c1Br. The molecule has 0 aromatic heterocycles. The zero-order chi connectivity index (χ0) is 10.8. The van der Waals surface area contributed by atoms with Crippen LogP contribution < -0.4 is 0 Å². The summed E-state index contributed by atoms with van der Waals surface area (Å²) in [6.45, 7) is 0. The first kappa shape index (κ1) is 10.6. The Morgan fingerprint density at radius 3 is 2.67 bits per heavy atom. The van der Waals surface area contributed by atoms with Crippen molar-refractivity contribution >= 4 is 54.4 Å². The lowest BCUT2D eigenvalue weighted by atomic mass is 10.1. The minimum Gasteiger partial charge on any atom is -0.211 e. The van der Waals surface area contributed by atoms with Gasteiger partial charge in [0.05, 0.1) is 10.2 Å². The van der Waals surface area contributed by atoms with Gasteiger partial charge in [0.1, 0.15) is 0 Å². The van der Waals surface area contributed by atoms with Gasteiger partial charge < -0.3 is 0 Å². The maximum Gasteiger partial charge on any atom is 0.240 e. The molecule has 0 spiro atoms. The van der Waals surface area contributed by atoms with Gasteiger partial charge in [-0.3, -0.25) is 0 Å². The number of halogens is 2. The van der Waals surface area contributed by atoms with Crippen LogP contribution in [0.1, 0.15) is 0 Å². The highest BCUT2D eigenvalue weighted by Gasteiger charge is 2.04. The van der Waals surface area contributed by atoms with Crippen molar-refractivity contribution in [1.29, 1.82) is 0 Å². The number of isocyanates is 1. The molecule has 0 unspecified atom stereocenters. The molecule has 0 saturated carbocycles. The molecule has 0 saturated heterocycles. The van der Waals surface area contributed by atoms with Crippen LogP contribution in [0.25, 0.3) is 10.8 Å². The molecular weight excluding hydrogens is 322 g/mol. The van der Waals surface area contributed by atoms with Crippen molar-refractivity contribution in [2.24, 2.45) is 4.99 Å². The second kappa shape index (κ2) is 4.27. The quantitative estimate of drug-likeness (QED) is 0.566. The molecule has 2 nitrogen and oxygen atoms in total. The lowest BCUT2D eigenvalue weighted by molar-refractivity contribution is 0.565. The van der Waals surface area contributed by atoms with E-state index >= 15 is 0 Å². The molecule has 0 radical (unpaired) electrons. The minimum absolute atomic E-state index is 0.597. The molecule has 2 rings (SSSR count). The molecule has 0 aliphatic rings. The highest BCUT2D eigenvalue weighted by molar-refractivity contribution is 9.11. The first-order valence-electron chi connectivity index (χ1n) is 4.18. The van der Waals surface area contributed by atoms with Crippen LogP contribution in [0.15, 0.2) is 44.3 Å². The van der Waals surface area contributed by atoms with E-state index in [0.29, 0.717) is 5.69 Å². The van der Waals surface area contributed by atoms with Gasteiger partial charge in [0.15, 0.2) is 0 Å². The third kappa shape index (κ3) is 2.02. The zero-order valence-electron chi connectivity index (χ0n) is 7.50. The van der Waals surface area contributed by atoms with Crippen LogP contribution in [0.5, 0.6) is 0 Å². The summed E-state index contributed by atoms with van der Waals surface area (Å²) < 4.78 is 1.84. The fourth-order valence-electron chi connectivity index (χ4n) is 1.39. The van der Waals surface area contributed by atoms with E-state index in [2.05, 4.69) is 36.9 Å². The van der Waals surface area contributed by atoms with Crippen LogP contribution in [0.4, 0.5) is 5.69 Å². The van der Waals surface area contributed by atoms with E-state index in [1.165, 1.54) is 6.08 Å². The van der Waals surface area contributed by atoms with Gasteiger partial charge >= 0.3 is 0 Å². The molecule has 15 heavy (non-hydrogen) atoms. The fraction of sp³-hybridized carbons (Fsp3) is 0. The van der Waals surface area contributed by atoms with Crippen LogP contribution in [0.3, 0.4) is 0 Å². The molecule has 74 valence electrons. The molecule has 2 aromatic rings. The monoisotopic (exact) mass is 325 g/mol. The Bertz CT molecular complexity index is 574. The number of hydrogen-bond acceptors (Lipinski definition) is 2. The molecule has 0 bridgehead atoms. The van der Waals surface area contributed by atoms with Crippen LogP contribution in [-0.2, 0) is 4.79 Å². The lowest BCUT2D eigenvalue weighted by Crippen LogP contribution is -1.76. The topological polar surface area (TPSA) is 29.4 Å². The zero-order valence-corrected chi connectivity index (χ0v) is 10.7. The second-order valence-corrected chi connectivity index (χ2v) is 4.68. The maximum absolute atomic E-state index is 10.2. The number of hydrogen-bond donors (Lipinski definition) is 0. The first-order valence-corrected chi connectivity index (χ1v) is 5.76. The average molecular weight is 327 g/mol. The fourth-order valence-corrected chi connectivity index (χ4v) is 2.35. The minimum atomic E-state index is 0.597. The number of fused-ring (bicyclic) bond motifs is 1. The average Bonchev–Trinajstić information content (AvgIpc) is 2.22. The van der Waals surface area contributed by atoms with Gasteiger partial charge in [0.2, 0.25) is 6.08 Å². The third-order valence-electron chi connectivity index (χ3n) is 2.06. The van der Waals surface area contributed by atoms with E-state index in [0.717, 1.165) is 19.7 Å². The molecule has 0 heterocycles. The Balaban J connectivity index is 2.79. The van der Waals surface area contributed by atoms with Crippen molar-refractivity contribution in [3.8, 4) is 0 Å². The number of benzene rings is 2. The molecule has 0 fully saturated rings. The van der Waals surface area contributed by atoms with Crippen LogP contribution in [-0.4, -0.2) is 6.08 Å². The number of aliphatic imine (C=N–C) groups is 1. The Labute approximate surface area is 103 Å². The molecule has 2 aromatic carbocycles. The van der Waals surface area contributed by atoms with Gasteiger partial charge in [-0.15, -0.1) is 0 Å². The molecule has 0 atom stereocenters. The van der Waals surface area contributed by atoms with E-state index in [1.54, 1.807) is 6.07 Å². The Morgan fingerprint density at radius 1 is 1.13 bits per heavy atom. The summed E-state index contributed by atoms with van der Waals surface area (Å²) >= 11 is 6.82. The van der Waals surface area contributed by atoms with Gasteiger partial charge in [-0.05, 0) is 44.9 Å². The second-order valence-electron chi connectivity index (χ2n) is 2.97. The Kier molecular flexibility index (Phi) is 3.00. The van der Waals surface area contributed by atoms with Gasteiger partial charge in [-0.25, -0.2) is 4.79 Å². The van der Waals surface area contributed by atoms with Gasteiger partial charge in [-0.1, -0.05) is 28.1 Å². The van der Waals surface area contributed by atoms with Crippen molar-refractivity contribution in [3.63, 3.8) is 0 Å². The summed E-state index contributed by atoms with van der Waals surface area (Å²) in [6, 6.07) is 9.62. The highest BCUT2D eigenvalue weighted by Crippen LogP contribution is 2.34. The van der Waals surface area contributed by atoms with E-state index in [-0.39, 0.29) is 0 Å². The summed E-state index contributed by atoms with van der Waals surface area (Å²) in [6.07, 6.45) is 1.54. The summed E-state index contributed by atoms with van der Waals surface area (Å²) in [4.78, 5) is 13.8. The smallest absolute Gasteiger partial charge is 0.211 e. The number of nitrogens with zero attached hydrogens (tertiary/aromatic N) is 1. The van der Waals surface area contributed by atoms with Gasteiger partial charge in [0, 0.05) is 4.47 Å². The van der Waals surface area contributed by atoms with Crippen molar-refractivity contribution < 1.29 is 4.79 Å². The van der Waals surface area contributed by atoms with Crippen LogP contribution in [0, 0.1) is 0 Å². The van der Waals surface area contributed by atoms with E-state index in [1.807, 2.05) is 24.3 Å². The van der Waals surface area contributed by atoms with Crippen molar-refractivity contribution in [2.45, 2.75) is 0 Å². The number of carbonyl (C=O) groups excluding carboxylic acids is 1. The molecule has 0 aliphatic carbocycles.